The number of nitro groups is 1. The first-order valence-electron chi connectivity index (χ1n) is 6.85. The molecule has 0 bridgehead atoms. The van der Waals surface area contributed by atoms with Crippen molar-refractivity contribution in [2.24, 2.45) is 0 Å². The zero-order valence-electron chi connectivity index (χ0n) is 11.5. The first-order valence-corrected chi connectivity index (χ1v) is 7.23. The number of nitrogens with zero attached hydrogens (tertiary/aromatic N) is 3. The highest BCUT2D eigenvalue weighted by Crippen LogP contribution is 2.21. The Morgan fingerprint density at radius 1 is 1.45 bits per heavy atom. The van der Waals surface area contributed by atoms with E-state index in [1.54, 1.807) is 0 Å². The predicted octanol–water partition coefficient (Wildman–Crippen LogP) is 2.93. The van der Waals surface area contributed by atoms with Crippen molar-refractivity contribution in [3.63, 3.8) is 0 Å². The van der Waals surface area contributed by atoms with Gasteiger partial charge in [-0.3, -0.25) is 10.1 Å². The van der Waals surface area contributed by atoms with Gasteiger partial charge >= 0.3 is 0 Å². The summed E-state index contributed by atoms with van der Waals surface area (Å²) in [5, 5.41) is 14.1. The standard InChI is InChI=1S/C13H19ClN4O2/c1-10(9-17-5-3-2-4-6-17)15-13-8-11(18(19)20)7-12(14)16-13/h7-8,10H,2-6,9H2,1H3,(H,15,16). The summed E-state index contributed by atoms with van der Waals surface area (Å²) in [5.41, 5.74) is -0.0438. The van der Waals surface area contributed by atoms with E-state index in [2.05, 4.69) is 15.2 Å². The second kappa shape index (κ2) is 6.85. The van der Waals surface area contributed by atoms with Crippen LogP contribution in [0.5, 0.6) is 0 Å². The Morgan fingerprint density at radius 3 is 2.80 bits per heavy atom. The number of rotatable bonds is 5. The smallest absolute Gasteiger partial charge is 0.276 e. The van der Waals surface area contributed by atoms with Gasteiger partial charge in [0.15, 0.2) is 0 Å². The van der Waals surface area contributed by atoms with E-state index in [0.29, 0.717) is 5.82 Å². The summed E-state index contributed by atoms with van der Waals surface area (Å²) >= 11 is 5.80. The molecule has 1 fully saturated rings. The van der Waals surface area contributed by atoms with E-state index in [-0.39, 0.29) is 16.9 Å². The Kier molecular flexibility index (Phi) is 5.14. The van der Waals surface area contributed by atoms with Gasteiger partial charge in [0.2, 0.25) is 0 Å². The third-order valence-electron chi connectivity index (χ3n) is 3.36. The Hall–Kier alpha value is -1.40. The lowest BCUT2D eigenvalue weighted by Crippen LogP contribution is -2.38. The molecule has 0 radical (unpaired) electrons. The van der Waals surface area contributed by atoms with Gasteiger partial charge in [0.25, 0.3) is 5.69 Å². The summed E-state index contributed by atoms with van der Waals surface area (Å²) in [7, 11) is 0. The summed E-state index contributed by atoms with van der Waals surface area (Å²) in [6.45, 7) is 5.19. The number of piperidine rings is 1. The number of hydrogen-bond acceptors (Lipinski definition) is 5. The topological polar surface area (TPSA) is 71.3 Å². The molecule has 20 heavy (non-hydrogen) atoms. The van der Waals surface area contributed by atoms with Crippen molar-refractivity contribution in [1.29, 1.82) is 0 Å². The molecule has 0 saturated carbocycles. The highest BCUT2D eigenvalue weighted by Gasteiger charge is 2.15. The lowest BCUT2D eigenvalue weighted by molar-refractivity contribution is -0.384. The lowest BCUT2D eigenvalue weighted by atomic mass is 10.1. The van der Waals surface area contributed by atoms with Crippen molar-refractivity contribution in [3.8, 4) is 0 Å². The number of aromatic nitrogens is 1. The molecule has 1 atom stereocenters. The van der Waals surface area contributed by atoms with E-state index in [0.717, 1.165) is 19.6 Å². The first kappa shape index (κ1) is 15.0. The van der Waals surface area contributed by atoms with Gasteiger partial charge in [-0.05, 0) is 32.9 Å². The molecule has 1 aromatic heterocycles. The Labute approximate surface area is 123 Å². The van der Waals surface area contributed by atoms with Crippen LogP contribution in [0.15, 0.2) is 12.1 Å². The number of anilines is 1. The zero-order valence-corrected chi connectivity index (χ0v) is 12.3. The normalized spacial score (nSPS) is 17.7. The molecular weight excluding hydrogens is 280 g/mol. The molecule has 0 aliphatic carbocycles. The van der Waals surface area contributed by atoms with Crippen molar-refractivity contribution < 1.29 is 4.92 Å². The molecule has 1 aromatic rings. The average Bonchev–Trinajstić information content (AvgIpc) is 2.38. The van der Waals surface area contributed by atoms with Crippen LogP contribution in [0.25, 0.3) is 0 Å². The average molecular weight is 299 g/mol. The number of hydrogen-bond donors (Lipinski definition) is 1. The molecule has 2 rings (SSSR count). The third-order valence-corrected chi connectivity index (χ3v) is 3.56. The summed E-state index contributed by atoms with van der Waals surface area (Å²) in [4.78, 5) is 16.8. The van der Waals surface area contributed by atoms with Crippen LogP contribution in [-0.4, -0.2) is 40.5 Å². The largest absolute Gasteiger partial charge is 0.366 e. The van der Waals surface area contributed by atoms with Crippen LogP contribution in [0.1, 0.15) is 26.2 Å². The van der Waals surface area contributed by atoms with E-state index in [4.69, 9.17) is 11.6 Å². The molecule has 0 amide bonds. The molecule has 7 heteroatoms. The van der Waals surface area contributed by atoms with E-state index in [9.17, 15) is 10.1 Å². The van der Waals surface area contributed by atoms with Gasteiger partial charge in [0.05, 0.1) is 17.1 Å². The number of halogens is 1. The summed E-state index contributed by atoms with van der Waals surface area (Å²) in [5.74, 6) is 0.453. The third kappa shape index (κ3) is 4.31. The maximum absolute atomic E-state index is 10.8. The fourth-order valence-corrected chi connectivity index (χ4v) is 2.69. The van der Waals surface area contributed by atoms with Crippen molar-refractivity contribution in [1.82, 2.24) is 9.88 Å². The zero-order chi connectivity index (χ0) is 14.5. The van der Waals surface area contributed by atoms with Crippen molar-refractivity contribution in [2.75, 3.05) is 25.0 Å². The van der Waals surface area contributed by atoms with Gasteiger partial charge in [-0.1, -0.05) is 18.0 Å². The molecule has 1 N–H and O–H groups in total. The molecule has 0 spiro atoms. The number of nitrogens with one attached hydrogen (secondary N) is 1. The second-order valence-electron chi connectivity index (χ2n) is 5.20. The van der Waals surface area contributed by atoms with Gasteiger partial charge in [0.1, 0.15) is 11.0 Å². The minimum Gasteiger partial charge on any atom is -0.366 e. The molecule has 1 aliphatic heterocycles. The molecule has 110 valence electrons. The monoisotopic (exact) mass is 298 g/mol. The van der Waals surface area contributed by atoms with Crippen molar-refractivity contribution >= 4 is 23.1 Å². The van der Waals surface area contributed by atoms with Gasteiger partial charge in [-0.15, -0.1) is 0 Å². The molecule has 1 unspecified atom stereocenters. The minimum absolute atomic E-state index is 0.0438. The quantitative estimate of drug-likeness (QED) is 0.514. The van der Waals surface area contributed by atoms with E-state index in [1.807, 2.05) is 6.92 Å². The van der Waals surface area contributed by atoms with Crippen LogP contribution in [0.3, 0.4) is 0 Å². The first-order chi connectivity index (χ1) is 9.54. The van der Waals surface area contributed by atoms with Crippen LogP contribution in [0.2, 0.25) is 5.15 Å². The van der Waals surface area contributed by atoms with Crippen molar-refractivity contribution in [3.05, 3.63) is 27.4 Å². The van der Waals surface area contributed by atoms with E-state index in [1.165, 1.54) is 31.4 Å². The number of pyridine rings is 1. The van der Waals surface area contributed by atoms with Gasteiger partial charge < -0.3 is 10.2 Å². The fraction of sp³-hybridized carbons (Fsp3) is 0.615. The lowest BCUT2D eigenvalue weighted by Gasteiger charge is -2.29. The molecule has 1 aliphatic rings. The van der Waals surface area contributed by atoms with Crippen LogP contribution in [0.4, 0.5) is 11.5 Å². The Morgan fingerprint density at radius 2 is 2.15 bits per heavy atom. The van der Waals surface area contributed by atoms with Crippen molar-refractivity contribution in [2.45, 2.75) is 32.2 Å². The fourth-order valence-electron chi connectivity index (χ4n) is 2.49. The molecule has 2 heterocycles. The highest BCUT2D eigenvalue weighted by molar-refractivity contribution is 6.29. The minimum atomic E-state index is -0.464. The SMILES string of the molecule is CC(CN1CCCCC1)Nc1cc([N+](=O)[O-])cc(Cl)n1. The summed E-state index contributed by atoms with van der Waals surface area (Å²) in [6.07, 6.45) is 3.79. The van der Waals surface area contributed by atoms with Gasteiger partial charge in [-0.2, -0.15) is 0 Å². The maximum atomic E-state index is 10.8. The van der Waals surface area contributed by atoms with Crippen LogP contribution in [-0.2, 0) is 0 Å². The predicted molar refractivity (Wildman–Crippen MR) is 79.3 cm³/mol. The van der Waals surface area contributed by atoms with E-state index >= 15 is 0 Å². The molecule has 6 nitrogen and oxygen atoms in total. The highest BCUT2D eigenvalue weighted by atomic mass is 35.5. The summed E-state index contributed by atoms with van der Waals surface area (Å²) < 4.78 is 0. The maximum Gasteiger partial charge on any atom is 0.276 e. The van der Waals surface area contributed by atoms with Gasteiger partial charge in [0, 0.05) is 12.6 Å². The van der Waals surface area contributed by atoms with Gasteiger partial charge in [-0.25, -0.2) is 4.98 Å². The van der Waals surface area contributed by atoms with Crippen LogP contribution < -0.4 is 5.32 Å². The van der Waals surface area contributed by atoms with Crippen LogP contribution in [0, 0.1) is 10.1 Å². The molecule has 0 aromatic carbocycles. The second-order valence-corrected chi connectivity index (χ2v) is 5.58. The van der Waals surface area contributed by atoms with E-state index < -0.39 is 4.92 Å². The molecular formula is C13H19ClN4O2. The van der Waals surface area contributed by atoms with Crippen LogP contribution >= 0.6 is 11.6 Å². The molecule has 1 saturated heterocycles. The Balaban J connectivity index is 1.96. The Bertz CT molecular complexity index is 477. The summed E-state index contributed by atoms with van der Waals surface area (Å²) in [6, 6.07) is 2.83. The number of likely N-dealkylation sites (tertiary alicyclic amines) is 1.